The molecule has 146 valence electrons. The summed E-state index contributed by atoms with van der Waals surface area (Å²) in [5.74, 6) is 0.123. The summed E-state index contributed by atoms with van der Waals surface area (Å²) in [6.07, 6.45) is 0. The third-order valence-electron chi connectivity index (χ3n) is 4.34. The van der Waals surface area contributed by atoms with Crippen LogP contribution >= 0.6 is 11.8 Å². The summed E-state index contributed by atoms with van der Waals surface area (Å²) in [4.78, 5) is 43.6. The van der Waals surface area contributed by atoms with Gasteiger partial charge < -0.3 is 15.0 Å². The van der Waals surface area contributed by atoms with Gasteiger partial charge in [0.1, 0.15) is 5.75 Å². The molecule has 1 atom stereocenters. The highest BCUT2D eigenvalue weighted by atomic mass is 32.2. The molecule has 0 bridgehead atoms. The Morgan fingerprint density at radius 3 is 2.72 bits per heavy atom. The van der Waals surface area contributed by atoms with Crippen LogP contribution in [0.4, 0.5) is 5.69 Å². The number of anilines is 1. The summed E-state index contributed by atoms with van der Waals surface area (Å²) in [6, 6.07) is 15.7. The molecule has 0 fully saturated rings. The molecular formula is C21H17N3O4S. The molecule has 2 N–H and O–H groups in total. The van der Waals surface area contributed by atoms with Crippen LogP contribution in [0.25, 0.3) is 11.3 Å². The van der Waals surface area contributed by atoms with Gasteiger partial charge in [0, 0.05) is 17.2 Å². The number of benzene rings is 2. The van der Waals surface area contributed by atoms with E-state index < -0.39 is 5.25 Å². The van der Waals surface area contributed by atoms with Crippen molar-refractivity contribution in [3.8, 4) is 17.0 Å². The van der Waals surface area contributed by atoms with Crippen LogP contribution in [-0.2, 0) is 4.79 Å². The Bertz CT molecular complexity index is 1140. The molecule has 0 spiro atoms. The number of nitrogens with one attached hydrogen (secondary N) is 2. The Morgan fingerprint density at radius 1 is 1.14 bits per heavy atom. The molecule has 0 radical (unpaired) electrons. The number of nitrogens with zero attached hydrogens (tertiary/aromatic N) is 1. The predicted molar refractivity (Wildman–Crippen MR) is 111 cm³/mol. The lowest BCUT2D eigenvalue weighted by Gasteiger charge is -2.19. The fourth-order valence-electron chi connectivity index (χ4n) is 2.94. The minimum Gasteiger partial charge on any atom is -0.482 e. The molecule has 29 heavy (non-hydrogen) atoms. The number of hydrogen-bond donors (Lipinski definition) is 2. The van der Waals surface area contributed by atoms with Crippen molar-refractivity contribution in [1.29, 1.82) is 0 Å². The highest BCUT2D eigenvalue weighted by Crippen LogP contribution is 2.30. The summed E-state index contributed by atoms with van der Waals surface area (Å²) in [6.45, 7) is 1.71. The van der Waals surface area contributed by atoms with E-state index in [1.165, 1.54) is 17.8 Å². The standard InChI is InChI=1S/C21H17N3O4S/c1-12(20(27)14-7-8-17-16(9-14)22-19(26)11-28-17)29-21-23-15(10-18(25)24-21)13-5-3-2-4-6-13/h2-10,12H,11H2,1H3,(H,22,26)(H,23,24,25). The number of Topliss-reactive ketones (excluding diaryl/α,β-unsaturated/α-hetero) is 1. The maximum absolute atomic E-state index is 12.9. The zero-order valence-electron chi connectivity index (χ0n) is 15.5. The Hall–Kier alpha value is -3.39. The Morgan fingerprint density at radius 2 is 1.93 bits per heavy atom. The van der Waals surface area contributed by atoms with Crippen LogP contribution in [0.1, 0.15) is 17.3 Å². The number of H-pyrrole nitrogens is 1. The summed E-state index contributed by atoms with van der Waals surface area (Å²) in [7, 11) is 0. The second kappa shape index (κ2) is 7.92. The zero-order valence-corrected chi connectivity index (χ0v) is 16.3. The lowest BCUT2D eigenvalue weighted by molar-refractivity contribution is -0.118. The Kier molecular flexibility index (Phi) is 5.18. The lowest BCUT2D eigenvalue weighted by atomic mass is 10.1. The number of ether oxygens (including phenoxy) is 1. The molecule has 0 aliphatic carbocycles. The van der Waals surface area contributed by atoms with E-state index in [4.69, 9.17) is 4.74 Å². The van der Waals surface area contributed by atoms with Crippen molar-refractivity contribution >= 4 is 29.1 Å². The van der Waals surface area contributed by atoms with E-state index in [9.17, 15) is 14.4 Å². The second-order valence-electron chi connectivity index (χ2n) is 6.47. The molecule has 7 nitrogen and oxygen atoms in total. The number of hydrogen-bond acceptors (Lipinski definition) is 6. The van der Waals surface area contributed by atoms with Gasteiger partial charge in [-0.15, -0.1) is 0 Å². The van der Waals surface area contributed by atoms with Crippen LogP contribution in [0.3, 0.4) is 0 Å². The average molecular weight is 407 g/mol. The second-order valence-corrected chi connectivity index (χ2v) is 7.80. The molecule has 3 aromatic rings. The van der Waals surface area contributed by atoms with Crippen LogP contribution < -0.4 is 15.6 Å². The van der Waals surface area contributed by atoms with Crippen molar-refractivity contribution in [3.05, 3.63) is 70.5 Å². The monoisotopic (exact) mass is 407 g/mol. The number of fused-ring (bicyclic) bond motifs is 1. The molecule has 0 saturated heterocycles. The number of amides is 1. The van der Waals surface area contributed by atoms with Gasteiger partial charge in [0.15, 0.2) is 17.5 Å². The molecule has 1 unspecified atom stereocenters. The van der Waals surface area contributed by atoms with Crippen molar-refractivity contribution in [2.24, 2.45) is 0 Å². The number of ketones is 1. The number of carbonyl (C=O) groups excluding carboxylic acids is 2. The van der Waals surface area contributed by atoms with Gasteiger partial charge in [-0.3, -0.25) is 14.4 Å². The minimum atomic E-state index is -0.498. The van der Waals surface area contributed by atoms with E-state index in [1.54, 1.807) is 25.1 Å². The summed E-state index contributed by atoms with van der Waals surface area (Å²) < 4.78 is 5.32. The first-order valence-corrected chi connectivity index (χ1v) is 9.82. The van der Waals surface area contributed by atoms with Gasteiger partial charge >= 0.3 is 0 Å². The number of rotatable bonds is 5. The van der Waals surface area contributed by atoms with E-state index >= 15 is 0 Å². The molecular weight excluding hydrogens is 390 g/mol. The maximum Gasteiger partial charge on any atom is 0.262 e. The van der Waals surface area contributed by atoms with Gasteiger partial charge in [-0.1, -0.05) is 42.1 Å². The van der Waals surface area contributed by atoms with Crippen molar-refractivity contribution in [1.82, 2.24) is 9.97 Å². The van der Waals surface area contributed by atoms with E-state index in [-0.39, 0.29) is 23.9 Å². The number of aromatic nitrogens is 2. The molecule has 2 heterocycles. The van der Waals surface area contributed by atoms with E-state index in [0.29, 0.717) is 27.9 Å². The molecule has 2 aromatic carbocycles. The largest absolute Gasteiger partial charge is 0.482 e. The summed E-state index contributed by atoms with van der Waals surface area (Å²) in [5.41, 5.74) is 2.00. The summed E-state index contributed by atoms with van der Waals surface area (Å²) >= 11 is 1.17. The van der Waals surface area contributed by atoms with Gasteiger partial charge in [-0.05, 0) is 25.1 Å². The fraction of sp³-hybridized carbons (Fsp3) is 0.143. The van der Waals surface area contributed by atoms with Gasteiger partial charge in [0.05, 0.1) is 16.6 Å². The van der Waals surface area contributed by atoms with Crippen LogP contribution in [-0.4, -0.2) is 33.5 Å². The van der Waals surface area contributed by atoms with Crippen molar-refractivity contribution in [2.75, 3.05) is 11.9 Å². The average Bonchev–Trinajstić information content (AvgIpc) is 2.72. The van der Waals surface area contributed by atoms with Crippen molar-refractivity contribution in [3.63, 3.8) is 0 Å². The summed E-state index contributed by atoms with van der Waals surface area (Å²) in [5, 5.41) is 2.56. The topological polar surface area (TPSA) is 101 Å². The third kappa shape index (κ3) is 4.22. The zero-order chi connectivity index (χ0) is 20.4. The van der Waals surface area contributed by atoms with Gasteiger partial charge in [0.25, 0.3) is 11.5 Å². The molecule has 1 amide bonds. The first kappa shape index (κ1) is 18.9. The first-order chi connectivity index (χ1) is 14.0. The van der Waals surface area contributed by atoms with Crippen molar-refractivity contribution in [2.45, 2.75) is 17.3 Å². The van der Waals surface area contributed by atoms with Crippen molar-refractivity contribution < 1.29 is 14.3 Å². The molecule has 8 heteroatoms. The Balaban J connectivity index is 1.55. The molecule has 1 aromatic heterocycles. The number of carbonyl (C=O) groups is 2. The van der Waals surface area contributed by atoms with Crippen LogP contribution in [0, 0.1) is 0 Å². The fourth-order valence-corrected chi connectivity index (χ4v) is 3.83. The maximum atomic E-state index is 12.9. The van der Waals surface area contributed by atoms with Gasteiger partial charge in [-0.2, -0.15) is 0 Å². The minimum absolute atomic E-state index is 0.0384. The van der Waals surface area contributed by atoms with Crippen LogP contribution in [0.2, 0.25) is 0 Å². The smallest absolute Gasteiger partial charge is 0.262 e. The van der Waals surface area contributed by atoms with Crippen LogP contribution in [0.15, 0.2) is 64.5 Å². The van der Waals surface area contributed by atoms with E-state index in [0.717, 1.165) is 5.56 Å². The Labute approximate surface area is 170 Å². The van der Waals surface area contributed by atoms with E-state index in [2.05, 4.69) is 15.3 Å². The highest BCUT2D eigenvalue weighted by molar-refractivity contribution is 8.00. The molecule has 1 aliphatic heterocycles. The molecule has 4 rings (SSSR count). The predicted octanol–water partition coefficient (Wildman–Crippen LogP) is 3.13. The highest BCUT2D eigenvalue weighted by Gasteiger charge is 2.22. The quantitative estimate of drug-likeness (QED) is 0.383. The van der Waals surface area contributed by atoms with Crippen LogP contribution in [0.5, 0.6) is 5.75 Å². The molecule has 0 saturated carbocycles. The lowest BCUT2D eigenvalue weighted by Crippen LogP contribution is -2.25. The normalized spacial score (nSPS) is 13.8. The third-order valence-corrected chi connectivity index (χ3v) is 5.33. The first-order valence-electron chi connectivity index (χ1n) is 8.94. The molecule has 1 aliphatic rings. The number of thioether (sulfide) groups is 1. The SMILES string of the molecule is CC(Sc1nc(-c2ccccc2)cc(=O)[nH]1)C(=O)c1ccc2c(c1)NC(=O)CO2. The van der Waals surface area contributed by atoms with Gasteiger partial charge in [-0.25, -0.2) is 4.98 Å². The number of aromatic amines is 1. The van der Waals surface area contributed by atoms with E-state index in [1.807, 2.05) is 30.3 Å². The van der Waals surface area contributed by atoms with Gasteiger partial charge in [0.2, 0.25) is 0 Å².